The van der Waals surface area contributed by atoms with Crippen LogP contribution in [-0.2, 0) is 4.79 Å². The largest absolute Gasteiger partial charge is 0.495 e. The number of imide groups is 1. The van der Waals surface area contributed by atoms with E-state index < -0.39 is 0 Å². The van der Waals surface area contributed by atoms with Crippen molar-refractivity contribution in [3.63, 3.8) is 0 Å². The van der Waals surface area contributed by atoms with Crippen molar-refractivity contribution in [3.05, 3.63) is 52.5 Å². The zero-order valence-electron chi connectivity index (χ0n) is 15.5. The molecular formula is C20H19ClN2O5. The van der Waals surface area contributed by atoms with E-state index in [4.69, 9.17) is 21.1 Å². The average molecular weight is 403 g/mol. The van der Waals surface area contributed by atoms with Crippen LogP contribution < -0.4 is 14.8 Å². The fourth-order valence-electron chi connectivity index (χ4n) is 3.01. The molecule has 0 fully saturated rings. The molecule has 1 aliphatic heterocycles. The van der Waals surface area contributed by atoms with Gasteiger partial charge in [-0.25, -0.2) is 0 Å². The molecule has 0 saturated heterocycles. The number of anilines is 1. The van der Waals surface area contributed by atoms with E-state index in [9.17, 15) is 14.4 Å². The van der Waals surface area contributed by atoms with Crippen molar-refractivity contribution in [1.29, 1.82) is 0 Å². The Labute approximate surface area is 167 Å². The molecule has 0 aromatic heterocycles. The number of ether oxygens (including phenoxy) is 2. The summed E-state index contributed by atoms with van der Waals surface area (Å²) in [6.07, 6.45) is 0.462. The summed E-state index contributed by atoms with van der Waals surface area (Å²) >= 11 is 6.10. The molecule has 1 heterocycles. The Morgan fingerprint density at radius 1 is 1.04 bits per heavy atom. The van der Waals surface area contributed by atoms with Gasteiger partial charge >= 0.3 is 0 Å². The summed E-state index contributed by atoms with van der Waals surface area (Å²) < 4.78 is 10.4. The minimum atomic E-state index is -0.329. The molecule has 3 rings (SSSR count). The first-order chi connectivity index (χ1) is 13.5. The van der Waals surface area contributed by atoms with Crippen molar-refractivity contribution >= 4 is 35.0 Å². The lowest BCUT2D eigenvalue weighted by Crippen LogP contribution is -2.31. The summed E-state index contributed by atoms with van der Waals surface area (Å²) in [6, 6.07) is 9.81. The molecule has 1 aliphatic rings. The molecule has 0 unspecified atom stereocenters. The Hall–Kier alpha value is -3.06. The Morgan fingerprint density at radius 2 is 1.64 bits per heavy atom. The third-order valence-corrected chi connectivity index (χ3v) is 4.71. The summed E-state index contributed by atoms with van der Waals surface area (Å²) in [7, 11) is 2.96. The molecule has 2 aromatic rings. The molecule has 0 saturated carbocycles. The second-order valence-corrected chi connectivity index (χ2v) is 6.55. The highest BCUT2D eigenvalue weighted by molar-refractivity contribution is 6.32. The highest BCUT2D eigenvalue weighted by Crippen LogP contribution is 2.36. The van der Waals surface area contributed by atoms with Crippen molar-refractivity contribution < 1.29 is 23.9 Å². The van der Waals surface area contributed by atoms with E-state index in [2.05, 4.69) is 5.32 Å². The topological polar surface area (TPSA) is 84.9 Å². The number of amides is 3. The lowest BCUT2D eigenvalue weighted by molar-refractivity contribution is -0.116. The molecule has 2 aromatic carbocycles. The van der Waals surface area contributed by atoms with Gasteiger partial charge in [0.1, 0.15) is 11.5 Å². The van der Waals surface area contributed by atoms with Crippen molar-refractivity contribution in [2.24, 2.45) is 0 Å². The van der Waals surface area contributed by atoms with Crippen LogP contribution in [0.25, 0.3) is 0 Å². The number of methoxy groups -OCH3 is 2. The third-order valence-electron chi connectivity index (χ3n) is 4.41. The van der Waals surface area contributed by atoms with Gasteiger partial charge in [0.15, 0.2) is 0 Å². The number of benzene rings is 2. The summed E-state index contributed by atoms with van der Waals surface area (Å²) in [5, 5.41) is 3.06. The molecule has 0 atom stereocenters. The second kappa shape index (κ2) is 8.31. The van der Waals surface area contributed by atoms with Gasteiger partial charge in [-0.3, -0.25) is 19.3 Å². The minimum Gasteiger partial charge on any atom is -0.495 e. The van der Waals surface area contributed by atoms with Crippen molar-refractivity contribution in [2.75, 3.05) is 26.1 Å². The Morgan fingerprint density at radius 3 is 2.21 bits per heavy atom. The molecule has 1 N–H and O–H groups in total. The van der Waals surface area contributed by atoms with E-state index in [0.29, 0.717) is 39.8 Å². The van der Waals surface area contributed by atoms with Gasteiger partial charge in [0.25, 0.3) is 11.8 Å². The first kappa shape index (κ1) is 19.7. The number of halogens is 1. The zero-order chi connectivity index (χ0) is 20.3. The monoisotopic (exact) mass is 402 g/mol. The maximum absolute atomic E-state index is 12.3. The van der Waals surface area contributed by atoms with Gasteiger partial charge in [-0.15, -0.1) is 0 Å². The number of fused-ring (bicyclic) bond motifs is 1. The first-order valence-corrected chi connectivity index (χ1v) is 9.00. The van der Waals surface area contributed by atoms with Gasteiger partial charge in [0.2, 0.25) is 5.91 Å². The van der Waals surface area contributed by atoms with Crippen LogP contribution in [0.2, 0.25) is 5.02 Å². The number of hydrogen-bond acceptors (Lipinski definition) is 5. The summed E-state index contributed by atoms with van der Waals surface area (Å²) in [4.78, 5) is 38.1. The van der Waals surface area contributed by atoms with Crippen LogP contribution in [0.15, 0.2) is 36.4 Å². The average Bonchev–Trinajstić information content (AvgIpc) is 2.93. The van der Waals surface area contributed by atoms with Crippen LogP contribution in [0.1, 0.15) is 33.6 Å². The summed E-state index contributed by atoms with van der Waals surface area (Å²) in [5.74, 6) is -0.0949. The fourth-order valence-corrected chi connectivity index (χ4v) is 3.25. The molecule has 3 amide bonds. The number of nitrogens with one attached hydrogen (secondary N) is 1. The highest BCUT2D eigenvalue weighted by Gasteiger charge is 2.34. The molecule has 146 valence electrons. The normalized spacial score (nSPS) is 12.8. The Kier molecular flexibility index (Phi) is 5.84. The van der Waals surface area contributed by atoms with Gasteiger partial charge in [-0.2, -0.15) is 0 Å². The maximum atomic E-state index is 12.3. The number of rotatable bonds is 7. The molecular weight excluding hydrogens is 384 g/mol. The van der Waals surface area contributed by atoms with Crippen LogP contribution in [0.5, 0.6) is 11.5 Å². The SMILES string of the molecule is COc1cc(OC)c(NC(=O)CCCN2C(=O)c3ccccc3C2=O)cc1Cl. The molecule has 0 spiro atoms. The fraction of sp³-hybridized carbons (Fsp3) is 0.250. The molecule has 7 nitrogen and oxygen atoms in total. The Balaban J connectivity index is 1.58. The third kappa shape index (κ3) is 3.80. The smallest absolute Gasteiger partial charge is 0.261 e. The predicted octanol–water partition coefficient (Wildman–Crippen LogP) is 3.37. The van der Waals surface area contributed by atoms with Crippen LogP contribution in [0, 0.1) is 0 Å². The quantitative estimate of drug-likeness (QED) is 0.718. The van der Waals surface area contributed by atoms with E-state index in [1.165, 1.54) is 19.1 Å². The van der Waals surface area contributed by atoms with E-state index in [0.717, 1.165) is 0 Å². The van der Waals surface area contributed by atoms with Crippen molar-refractivity contribution in [1.82, 2.24) is 4.90 Å². The van der Waals surface area contributed by atoms with Crippen LogP contribution in [0.4, 0.5) is 5.69 Å². The predicted molar refractivity (Wildman–Crippen MR) is 104 cm³/mol. The molecule has 28 heavy (non-hydrogen) atoms. The number of carbonyl (C=O) groups is 3. The van der Waals surface area contributed by atoms with Crippen LogP contribution >= 0.6 is 11.6 Å². The van der Waals surface area contributed by atoms with Crippen molar-refractivity contribution in [3.8, 4) is 11.5 Å². The second-order valence-electron chi connectivity index (χ2n) is 6.15. The van der Waals surface area contributed by atoms with Crippen LogP contribution in [0.3, 0.4) is 0 Å². The van der Waals surface area contributed by atoms with E-state index in [-0.39, 0.29) is 30.7 Å². The van der Waals surface area contributed by atoms with Gasteiger partial charge in [0, 0.05) is 19.0 Å². The lowest BCUT2D eigenvalue weighted by Gasteiger charge is -2.15. The molecule has 0 bridgehead atoms. The molecule has 0 aliphatic carbocycles. The van der Waals surface area contributed by atoms with E-state index >= 15 is 0 Å². The van der Waals surface area contributed by atoms with Gasteiger partial charge < -0.3 is 14.8 Å². The standard InChI is InChI=1S/C20H19ClN2O5/c1-27-16-11-17(28-2)15(10-14(16)21)22-18(24)8-5-9-23-19(25)12-6-3-4-7-13(12)20(23)26/h3-4,6-7,10-11H,5,8-9H2,1-2H3,(H,22,24). The van der Waals surface area contributed by atoms with Gasteiger partial charge in [-0.1, -0.05) is 23.7 Å². The van der Waals surface area contributed by atoms with Gasteiger partial charge in [0.05, 0.1) is 36.1 Å². The molecule has 8 heteroatoms. The summed E-state index contributed by atoms with van der Waals surface area (Å²) in [5.41, 5.74) is 1.21. The number of hydrogen-bond donors (Lipinski definition) is 1. The zero-order valence-corrected chi connectivity index (χ0v) is 16.2. The minimum absolute atomic E-state index is 0.125. The first-order valence-electron chi connectivity index (χ1n) is 8.63. The number of carbonyl (C=O) groups excluding carboxylic acids is 3. The van der Waals surface area contributed by atoms with E-state index in [1.54, 1.807) is 36.4 Å². The highest BCUT2D eigenvalue weighted by atomic mass is 35.5. The van der Waals surface area contributed by atoms with Crippen molar-refractivity contribution in [2.45, 2.75) is 12.8 Å². The lowest BCUT2D eigenvalue weighted by atomic mass is 10.1. The molecule has 0 radical (unpaired) electrons. The maximum Gasteiger partial charge on any atom is 0.261 e. The Bertz CT molecular complexity index is 909. The van der Waals surface area contributed by atoms with Gasteiger partial charge in [-0.05, 0) is 24.6 Å². The van der Waals surface area contributed by atoms with E-state index in [1.807, 2.05) is 0 Å². The summed E-state index contributed by atoms with van der Waals surface area (Å²) in [6.45, 7) is 0.167. The number of nitrogens with zero attached hydrogens (tertiary/aromatic N) is 1. The van der Waals surface area contributed by atoms with Crippen LogP contribution in [-0.4, -0.2) is 43.4 Å².